The van der Waals surface area contributed by atoms with Crippen LogP contribution in [0.3, 0.4) is 0 Å². The first kappa shape index (κ1) is 17.9. The van der Waals surface area contributed by atoms with Gasteiger partial charge in [-0.05, 0) is 23.8 Å². The van der Waals surface area contributed by atoms with Crippen LogP contribution in [0.5, 0.6) is 17.2 Å². The molecule has 3 aromatic rings. The molecule has 0 saturated carbocycles. The molecule has 0 amide bonds. The molecule has 0 fully saturated rings. The Bertz CT molecular complexity index is 1110. The topological polar surface area (TPSA) is 77.6 Å². The van der Waals surface area contributed by atoms with Gasteiger partial charge in [-0.3, -0.25) is 9.59 Å². The molecule has 6 nitrogen and oxygen atoms in total. The second kappa shape index (κ2) is 6.88. The minimum Gasteiger partial charge on any atom is -0.493 e. The van der Waals surface area contributed by atoms with E-state index in [-0.39, 0.29) is 18.0 Å². The van der Waals surface area contributed by atoms with E-state index in [1.54, 1.807) is 18.3 Å². The molecule has 142 valence electrons. The number of hydrogen-bond acceptors (Lipinski definition) is 5. The largest absolute Gasteiger partial charge is 0.493 e. The number of rotatable bonds is 5. The van der Waals surface area contributed by atoms with Gasteiger partial charge in [-0.2, -0.15) is 0 Å². The molecule has 0 bridgehead atoms. The average Bonchev–Trinajstić information content (AvgIpc) is 3.26. The number of hydrogen-bond donors (Lipinski definition) is 1. The Labute approximate surface area is 161 Å². The normalized spacial score (nSPS) is 14.1. The SMILES string of the molecule is COc1cc(C2=C(c3c[nH]c4ccccc34)C(=O)CC2=O)cc(OC)c1OC. The maximum Gasteiger partial charge on any atom is 0.203 e. The zero-order valence-corrected chi connectivity index (χ0v) is 15.8. The molecule has 2 aromatic carbocycles. The quantitative estimate of drug-likeness (QED) is 0.687. The number of methoxy groups -OCH3 is 3. The lowest BCUT2D eigenvalue weighted by molar-refractivity contribution is -0.119. The van der Waals surface area contributed by atoms with E-state index in [1.165, 1.54) is 21.3 Å². The number of H-pyrrole nitrogens is 1. The Hall–Kier alpha value is -3.54. The average molecular weight is 377 g/mol. The van der Waals surface area contributed by atoms with Gasteiger partial charge in [0.15, 0.2) is 23.1 Å². The van der Waals surface area contributed by atoms with Crippen LogP contribution in [0.15, 0.2) is 42.6 Å². The van der Waals surface area contributed by atoms with Crippen LogP contribution in [0.25, 0.3) is 22.0 Å². The molecular formula is C22H19NO5. The van der Waals surface area contributed by atoms with Crippen molar-refractivity contribution in [1.29, 1.82) is 0 Å². The van der Waals surface area contributed by atoms with Crippen molar-refractivity contribution in [2.24, 2.45) is 0 Å². The van der Waals surface area contributed by atoms with Crippen molar-refractivity contribution in [3.63, 3.8) is 0 Å². The van der Waals surface area contributed by atoms with Gasteiger partial charge >= 0.3 is 0 Å². The van der Waals surface area contributed by atoms with E-state index in [1.807, 2.05) is 24.3 Å². The first-order valence-electron chi connectivity index (χ1n) is 8.76. The van der Waals surface area contributed by atoms with Crippen LogP contribution in [0.2, 0.25) is 0 Å². The molecule has 0 spiro atoms. The van der Waals surface area contributed by atoms with Gasteiger partial charge in [0.25, 0.3) is 0 Å². The Balaban J connectivity index is 2.00. The van der Waals surface area contributed by atoms with Crippen LogP contribution < -0.4 is 14.2 Å². The van der Waals surface area contributed by atoms with E-state index in [9.17, 15) is 9.59 Å². The number of fused-ring (bicyclic) bond motifs is 1. The van der Waals surface area contributed by atoms with Crippen LogP contribution in [0.1, 0.15) is 17.5 Å². The summed E-state index contributed by atoms with van der Waals surface area (Å²) >= 11 is 0. The first-order chi connectivity index (χ1) is 13.6. The van der Waals surface area contributed by atoms with Gasteiger partial charge in [0.1, 0.15) is 0 Å². The summed E-state index contributed by atoms with van der Waals surface area (Å²) in [5.41, 5.74) is 2.97. The van der Waals surface area contributed by atoms with E-state index in [2.05, 4.69) is 4.98 Å². The van der Waals surface area contributed by atoms with Gasteiger partial charge in [-0.15, -0.1) is 0 Å². The zero-order chi connectivity index (χ0) is 19.8. The summed E-state index contributed by atoms with van der Waals surface area (Å²) in [7, 11) is 4.54. The van der Waals surface area contributed by atoms with Crippen molar-refractivity contribution in [2.75, 3.05) is 21.3 Å². The number of aromatic nitrogens is 1. The van der Waals surface area contributed by atoms with Crippen LogP contribution in [-0.4, -0.2) is 37.9 Å². The fraction of sp³-hybridized carbons (Fsp3) is 0.182. The standard InChI is InChI=1S/C22H19NO5/c1-26-18-8-12(9-19(27-2)22(18)28-3)20-16(24)10-17(25)21(20)14-11-23-15-7-5-4-6-13(14)15/h4-9,11,23H,10H2,1-3H3. The number of carbonyl (C=O) groups is 2. The third-order valence-corrected chi connectivity index (χ3v) is 4.94. The first-order valence-corrected chi connectivity index (χ1v) is 8.76. The monoisotopic (exact) mass is 377 g/mol. The molecule has 0 unspecified atom stereocenters. The lowest BCUT2D eigenvalue weighted by Gasteiger charge is -2.15. The Morgan fingerprint density at radius 3 is 2.14 bits per heavy atom. The fourth-order valence-corrected chi connectivity index (χ4v) is 3.70. The van der Waals surface area contributed by atoms with Gasteiger partial charge in [0, 0.05) is 33.8 Å². The highest BCUT2D eigenvalue weighted by atomic mass is 16.5. The van der Waals surface area contributed by atoms with Gasteiger partial charge in [0.2, 0.25) is 5.75 Å². The fourth-order valence-electron chi connectivity index (χ4n) is 3.70. The highest BCUT2D eigenvalue weighted by Gasteiger charge is 2.34. The number of Topliss-reactive ketones (excluding diaryl/α,β-unsaturated/α-hetero) is 2. The molecule has 1 aliphatic rings. The minimum atomic E-state index is -0.223. The van der Waals surface area contributed by atoms with Gasteiger partial charge < -0.3 is 19.2 Å². The van der Waals surface area contributed by atoms with E-state index in [4.69, 9.17) is 14.2 Å². The van der Waals surface area contributed by atoms with Crippen molar-refractivity contribution in [2.45, 2.75) is 6.42 Å². The van der Waals surface area contributed by atoms with Crippen molar-refractivity contribution in [3.05, 3.63) is 53.7 Å². The smallest absolute Gasteiger partial charge is 0.203 e. The molecule has 1 aliphatic carbocycles. The number of para-hydroxylation sites is 1. The summed E-state index contributed by atoms with van der Waals surface area (Å²) in [6.07, 6.45) is 1.62. The van der Waals surface area contributed by atoms with Crippen molar-refractivity contribution >= 4 is 33.6 Å². The van der Waals surface area contributed by atoms with E-state index < -0.39 is 0 Å². The molecule has 0 saturated heterocycles. The molecule has 4 rings (SSSR count). The Morgan fingerprint density at radius 1 is 0.857 bits per heavy atom. The predicted octanol–water partition coefficient (Wildman–Crippen LogP) is 3.65. The molecule has 0 atom stereocenters. The van der Waals surface area contributed by atoms with Gasteiger partial charge in [-0.1, -0.05) is 18.2 Å². The highest BCUT2D eigenvalue weighted by Crippen LogP contribution is 2.44. The molecule has 28 heavy (non-hydrogen) atoms. The summed E-state index contributed by atoms with van der Waals surface area (Å²) in [5.74, 6) is 0.863. The van der Waals surface area contributed by atoms with Crippen LogP contribution in [-0.2, 0) is 9.59 Å². The zero-order valence-electron chi connectivity index (χ0n) is 15.8. The second-order valence-electron chi connectivity index (χ2n) is 6.44. The van der Waals surface area contributed by atoms with E-state index in [0.29, 0.717) is 34.0 Å². The molecule has 1 N–H and O–H groups in total. The van der Waals surface area contributed by atoms with Gasteiger partial charge in [0.05, 0.1) is 27.8 Å². The number of nitrogens with one attached hydrogen (secondary N) is 1. The molecule has 0 radical (unpaired) electrons. The van der Waals surface area contributed by atoms with Gasteiger partial charge in [-0.25, -0.2) is 0 Å². The van der Waals surface area contributed by atoms with Crippen molar-refractivity contribution in [1.82, 2.24) is 4.98 Å². The third-order valence-electron chi connectivity index (χ3n) is 4.94. The van der Waals surface area contributed by atoms with E-state index in [0.717, 1.165) is 16.5 Å². The molecule has 0 aliphatic heterocycles. The van der Waals surface area contributed by atoms with E-state index >= 15 is 0 Å². The Morgan fingerprint density at radius 2 is 1.50 bits per heavy atom. The highest BCUT2D eigenvalue weighted by molar-refractivity contribution is 6.51. The summed E-state index contributed by atoms with van der Waals surface area (Å²) in [6.45, 7) is 0. The lowest BCUT2D eigenvalue weighted by Crippen LogP contribution is -2.00. The van der Waals surface area contributed by atoms with Crippen LogP contribution in [0.4, 0.5) is 0 Å². The number of allylic oxidation sites excluding steroid dienone is 2. The number of ketones is 2. The molecular weight excluding hydrogens is 358 g/mol. The maximum atomic E-state index is 12.8. The summed E-state index contributed by atoms with van der Waals surface area (Å²) in [4.78, 5) is 28.7. The van der Waals surface area contributed by atoms with Crippen LogP contribution in [0, 0.1) is 0 Å². The molecule has 1 heterocycles. The Kier molecular flexibility index (Phi) is 4.39. The number of benzene rings is 2. The number of carbonyl (C=O) groups excluding carboxylic acids is 2. The van der Waals surface area contributed by atoms with Crippen LogP contribution >= 0.6 is 0 Å². The number of ether oxygens (including phenoxy) is 3. The lowest BCUT2D eigenvalue weighted by atomic mass is 9.95. The predicted molar refractivity (Wildman–Crippen MR) is 106 cm³/mol. The minimum absolute atomic E-state index is 0.152. The van der Waals surface area contributed by atoms with Crippen molar-refractivity contribution in [3.8, 4) is 17.2 Å². The summed E-state index contributed by atoms with van der Waals surface area (Å²) in [5, 5.41) is 0.894. The maximum absolute atomic E-state index is 12.8. The second-order valence-corrected chi connectivity index (χ2v) is 6.44. The third kappa shape index (κ3) is 2.65. The molecule has 6 heteroatoms. The molecule has 1 aromatic heterocycles. The summed E-state index contributed by atoms with van der Waals surface area (Å²) < 4.78 is 16.2. The number of aromatic amines is 1. The van der Waals surface area contributed by atoms with Crippen molar-refractivity contribution < 1.29 is 23.8 Å². The summed E-state index contributed by atoms with van der Waals surface area (Å²) in [6, 6.07) is 11.1.